The van der Waals surface area contributed by atoms with Crippen LogP contribution in [-0.2, 0) is 13.6 Å². The number of aryl methyl sites for hydroxylation is 1. The van der Waals surface area contributed by atoms with Gasteiger partial charge in [0.15, 0.2) is 5.82 Å². The first-order valence-electron chi connectivity index (χ1n) is 15.7. The Morgan fingerprint density at radius 1 is 0.977 bits per heavy atom. The van der Waals surface area contributed by atoms with Crippen LogP contribution in [0.25, 0.3) is 44.6 Å². The Labute approximate surface area is 257 Å². The molecule has 2 N–H and O–H groups in total. The zero-order chi connectivity index (χ0) is 30.5. The minimum Gasteiger partial charge on any atom is -0.494 e. The normalized spacial score (nSPS) is 17.0. The number of amides is 2. The van der Waals surface area contributed by atoms with Crippen LogP contribution >= 0.6 is 0 Å². The first-order valence-corrected chi connectivity index (χ1v) is 15.7. The highest BCUT2D eigenvalue weighted by Gasteiger charge is 2.28. The fourth-order valence-corrected chi connectivity index (χ4v) is 6.89. The highest BCUT2D eigenvalue weighted by atomic mass is 16.5. The average Bonchev–Trinajstić information content (AvgIpc) is 3.72. The number of nitrogens with two attached hydrogens (primary N) is 1. The quantitative estimate of drug-likeness (QED) is 0.219. The summed E-state index contributed by atoms with van der Waals surface area (Å²) in [6.07, 6.45) is 5.74. The van der Waals surface area contributed by atoms with E-state index < -0.39 is 5.91 Å². The summed E-state index contributed by atoms with van der Waals surface area (Å²) >= 11 is 0. The molecule has 2 fully saturated rings. The first-order chi connectivity index (χ1) is 21.4. The number of benzene rings is 3. The van der Waals surface area contributed by atoms with Crippen molar-refractivity contribution in [3.63, 3.8) is 0 Å². The average molecular weight is 590 g/mol. The van der Waals surface area contributed by atoms with E-state index in [1.807, 2.05) is 36.2 Å². The van der Waals surface area contributed by atoms with Crippen LogP contribution in [0.5, 0.6) is 5.75 Å². The van der Waals surface area contributed by atoms with Gasteiger partial charge in [-0.25, -0.2) is 4.98 Å². The number of hydrogen-bond acceptors (Lipinski definition) is 4. The molecule has 1 saturated heterocycles. The number of carbonyl (C=O) groups excluding carboxylic acids is 2. The van der Waals surface area contributed by atoms with Gasteiger partial charge in [-0.2, -0.15) is 0 Å². The van der Waals surface area contributed by atoms with E-state index in [2.05, 4.69) is 40.3 Å². The second-order valence-corrected chi connectivity index (χ2v) is 12.5. The van der Waals surface area contributed by atoms with E-state index in [4.69, 9.17) is 15.5 Å². The van der Waals surface area contributed by atoms with Crippen LogP contribution in [0.1, 0.15) is 59.7 Å². The SMILES string of the molecule is CC[C@@H]1CCCN(C(=O)c2cc(OC)c3c(c2)nc(-c2cc4cccc(-c5ccc(C(N)=O)cc5)c4n2CC2CC2)n3C)C1. The van der Waals surface area contributed by atoms with Gasteiger partial charge in [0.1, 0.15) is 11.3 Å². The van der Waals surface area contributed by atoms with Crippen molar-refractivity contribution in [3.05, 3.63) is 71.8 Å². The second-order valence-electron chi connectivity index (χ2n) is 12.5. The van der Waals surface area contributed by atoms with E-state index in [9.17, 15) is 9.59 Å². The smallest absolute Gasteiger partial charge is 0.254 e. The predicted molar refractivity (Wildman–Crippen MR) is 174 cm³/mol. The van der Waals surface area contributed by atoms with Gasteiger partial charge in [-0.1, -0.05) is 43.7 Å². The van der Waals surface area contributed by atoms with Gasteiger partial charge in [-0.3, -0.25) is 9.59 Å². The Balaban J connectivity index is 1.36. The van der Waals surface area contributed by atoms with E-state index >= 15 is 0 Å². The molecular weight excluding hydrogens is 550 g/mol. The standard InChI is InChI=1S/C36H39N5O3/c1-4-22-7-6-16-40(20-22)36(43)27-17-29-33(31(19-27)44-3)39(2)35(38-29)30-18-26-8-5-9-28(32(26)41(30)21-23-10-11-23)24-12-14-25(15-13-24)34(37)42/h5,8-9,12-15,17-19,22-23H,4,6-7,10-11,16,20-21H2,1-3H3,(H2,37,42)/t22-/m1/s1. The molecule has 0 unspecified atom stereocenters. The molecule has 5 aromatic rings. The minimum atomic E-state index is -0.433. The second kappa shape index (κ2) is 11.2. The number of hydrogen-bond donors (Lipinski definition) is 1. The summed E-state index contributed by atoms with van der Waals surface area (Å²) in [5.74, 6) is 2.27. The molecule has 44 heavy (non-hydrogen) atoms. The third-order valence-corrected chi connectivity index (χ3v) is 9.55. The van der Waals surface area contributed by atoms with Crippen molar-refractivity contribution >= 4 is 33.8 Å². The van der Waals surface area contributed by atoms with Crippen LogP contribution in [0.15, 0.2) is 60.7 Å². The summed E-state index contributed by atoms with van der Waals surface area (Å²) in [5.41, 5.74) is 12.5. The largest absolute Gasteiger partial charge is 0.494 e. The van der Waals surface area contributed by atoms with E-state index in [-0.39, 0.29) is 5.91 Å². The van der Waals surface area contributed by atoms with Crippen LogP contribution in [0, 0.1) is 11.8 Å². The van der Waals surface area contributed by atoms with E-state index in [0.29, 0.717) is 28.7 Å². The van der Waals surface area contributed by atoms with Gasteiger partial charge in [0.25, 0.3) is 5.91 Å². The number of imidazole rings is 1. The van der Waals surface area contributed by atoms with Gasteiger partial charge in [-0.05, 0) is 73.4 Å². The Morgan fingerprint density at radius 3 is 2.48 bits per heavy atom. The minimum absolute atomic E-state index is 0.0467. The molecule has 1 atom stereocenters. The molecule has 0 spiro atoms. The molecule has 2 aliphatic rings. The van der Waals surface area contributed by atoms with Gasteiger partial charge in [0.05, 0.1) is 23.8 Å². The van der Waals surface area contributed by atoms with Crippen molar-refractivity contribution in [2.24, 2.45) is 24.6 Å². The van der Waals surface area contributed by atoms with E-state index in [1.165, 1.54) is 19.3 Å². The number of fused-ring (bicyclic) bond motifs is 2. The summed E-state index contributed by atoms with van der Waals surface area (Å²) in [5, 5.41) is 1.13. The summed E-state index contributed by atoms with van der Waals surface area (Å²) in [6.45, 7) is 4.69. The van der Waals surface area contributed by atoms with Crippen LogP contribution < -0.4 is 10.5 Å². The zero-order valence-electron chi connectivity index (χ0n) is 25.7. The van der Waals surface area contributed by atoms with Crippen molar-refractivity contribution in [3.8, 4) is 28.4 Å². The molecule has 8 heteroatoms. The third kappa shape index (κ3) is 4.92. The first kappa shape index (κ1) is 28.2. The van der Waals surface area contributed by atoms with Crippen molar-refractivity contribution in [1.82, 2.24) is 19.0 Å². The van der Waals surface area contributed by atoms with Gasteiger partial charge in [-0.15, -0.1) is 0 Å². The highest BCUT2D eigenvalue weighted by Crippen LogP contribution is 2.40. The fraction of sp³-hybridized carbons (Fsp3) is 0.361. The third-order valence-electron chi connectivity index (χ3n) is 9.55. The molecule has 3 aromatic carbocycles. The summed E-state index contributed by atoms with van der Waals surface area (Å²) < 4.78 is 10.4. The van der Waals surface area contributed by atoms with Crippen LogP contribution in [-0.4, -0.2) is 51.0 Å². The van der Waals surface area contributed by atoms with Crippen molar-refractivity contribution in [2.45, 2.75) is 45.6 Å². The number of carbonyl (C=O) groups is 2. The number of ether oxygens (including phenoxy) is 1. The molecule has 8 nitrogen and oxygen atoms in total. The summed E-state index contributed by atoms with van der Waals surface area (Å²) in [4.78, 5) is 32.5. The number of methoxy groups -OCH3 is 1. The number of nitrogens with zero attached hydrogens (tertiary/aromatic N) is 4. The van der Waals surface area contributed by atoms with Crippen LogP contribution in [0.3, 0.4) is 0 Å². The number of piperidine rings is 1. The molecule has 1 saturated carbocycles. The van der Waals surface area contributed by atoms with Crippen molar-refractivity contribution in [2.75, 3.05) is 20.2 Å². The number of rotatable bonds is 8. The van der Waals surface area contributed by atoms with E-state index in [1.54, 1.807) is 19.2 Å². The lowest BCUT2D eigenvalue weighted by Crippen LogP contribution is -2.39. The molecular formula is C36H39N5O3. The zero-order valence-corrected chi connectivity index (χ0v) is 25.7. The fourth-order valence-electron chi connectivity index (χ4n) is 6.89. The number of likely N-dealkylation sites (tertiary alicyclic amines) is 1. The summed E-state index contributed by atoms with van der Waals surface area (Å²) in [7, 11) is 3.68. The van der Waals surface area contributed by atoms with Gasteiger partial charge in [0, 0.05) is 48.8 Å². The Morgan fingerprint density at radius 2 is 1.77 bits per heavy atom. The predicted octanol–water partition coefficient (Wildman–Crippen LogP) is 6.64. The molecule has 2 aromatic heterocycles. The molecule has 3 heterocycles. The van der Waals surface area contributed by atoms with E-state index in [0.717, 1.165) is 77.1 Å². The van der Waals surface area contributed by atoms with Gasteiger partial charge >= 0.3 is 0 Å². The maximum atomic E-state index is 13.7. The van der Waals surface area contributed by atoms with Crippen LogP contribution in [0.4, 0.5) is 0 Å². The molecule has 1 aliphatic carbocycles. The van der Waals surface area contributed by atoms with Crippen molar-refractivity contribution in [1.29, 1.82) is 0 Å². The summed E-state index contributed by atoms with van der Waals surface area (Å²) in [6, 6.07) is 19.9. The molecule has 2 amide bonds. The Bertz CT molecular complexity index is 1900. The lowest BCUT2D eigenvalue weighted by atomic mass is 9.95. The van der Waals surface area contributed by atoms with Gasteiger partial charge in [0.2, 0.25) is 5.91 Å². The van der Waals surface area contributed by atoms with Crippen LogP contribution in [0.2, 0.25) is 0 Å². The Hall–Kier alpha value is -4.59. The van der Waals surface area contributed by atoms with Gasteiger partial charge < -0.3 is 24.5 Å². The molecule has 0 radical (unpaired) electrons. The highest BCUT2D eigenvalue weighted by molar-refractivity contribution is 6.01. The lowest BCUT2D eigenvalue weighted by Gasteiger charge is -2.32. The van der Waals surface area contributed by atoms with Crippen molar-refractivity contribution < 1.29 is 14.3 Å². The Kier molecular flexibility index (Phi) is 7.15. The lowest BCUT2D eigenvalue weighted by molar-refractivity contribution is 0.0671. The molecule has 0 bridgehead atoms. The monoisotopic (exact) mass is 589 g/mol. The number of primary amides is 1. The molecule has 226 valence electrons. The number of para-hydroxylation sites is 1. The molecule has 1 aliphatic heterocycles. The maximum Gasteiger partial charge on any atom is 0.254 e. The molecule has 7 rings (SSSR count). The topological polar surface area (TPSA) is 95.4 Å². The maximum absolute atomic E-state index is 13.7. The number of aromatic nitrogens is 3.